The summed E-state index contributed by atoms with van der Waals surface area (Å²) >= 11 is 1.55. The highest BCUT2D eigenvalue weighted by Gasteiger charge is 2.42. The van der Waals surface area contributed by atoms with Crippen molar-refractivity contribution in [2.24, 2.45) is 0 Å². The lowest BCUT2D eigenvalue weighted by atomic mass is 10.2. The fourth-order valence-corrected chi connectivity index (χ4v) is 4.10. The SMILES string of the molecule is CCCC1SCC(C(=O)O)N1C(=O)c1cc(C)nn1CC. The molecule has 1 aliphatic rings. The van der Waals surface area contributed by atoms with Crippen molar-refractivity contribution in [3.63, 3.8) is 0 Å². The highest BCUT2D eigenvalue weighted by Crippen LogP contribution is 2.33. The van der Waals surface area contributed by atoms with Crippen LogP contribution in [-0.4, -0.2) is 48.8 Å². The van der Waals surface area contributed by atoms with Crippen LogP contribution in [0, 0.1) is 6.92 Å². The fraction of sp³-hybridized carbons (Fsp3) is 0.643. The summed E-state index contributed by atoms with van der Waals surface area (Å²) in [6.07, 6.45) is 1.72. The lowest BCUT2D eigenvalue weighted by Crippen LogP contribution is -2.46. The van der Waals surface area contributed by atoms with E-state index < -0.39 is 12.0 Å². The van der Waals surface area contributed by atoms with E-state index in [1.165, 1.54) is 4.90 Å². The number of carbonyl (C=O) groups is 2. The molecule has 116 valence electrons. The average molecular weight is 311 g/mol. The maximum atomic E-state index is 12.8. The molecule has 1 aromatic rings. The number of nitrogens with zero attached hydrogens (tertiary/aromatic N) is 3. The van der Waals surface area contributed by atoms with Gasteiger partial charge in [-0.3, -0.25) is 9.48 Å². The Hall–Kier alpha value is -1.50. The molecule has 2 heterocycles. The second kappa shape index (κ2) is 6.51. The lowest BCUT2D eigenvalue weighted by Gasteiger charge is -2.27. The Balaban J connectivity index is 2.34. The third kappa shape index (κ3) is 3.07. The smallest absolute Gasteiger partial charge is 0.327 e. The molecule has 1 aromatic heterocycles. The van der Waals surface area contributed by atoms with Gasteiger partial charge in [0.1, 0.15) is 11.7 Å². The molecule has 6 nitrogen and oxygen atoms in total. The van der Waals surface area contributed by atoms with E-state index in [2.05, 4.69) is 5.10 Å². The van der Waals surface area contributed by atoms with Crippen molar-refractivity contribution in [2.45, 2.75) is 51.6 Å². The fourth-order valence-electron chi connectivity index (χ4n) is 2.59. The summed E-state index contributed by atoms with van der Waals surface area (Å²) in [6.45, 7) is 6.38. The van der Waals surface area contributed by atoms with E-state index in [1.807, 2.05) is 20.8 Å². The normalized spacial score (nSPS) is 21.8. The molecular weight excluding hydrogens is 290 g/mol. The van der Waals surface area contributed by atoms with Crippen LogP contribution in [0.2, 0.25) is 0 Å². The first-order valence-corrected chi connectivity index (χ1v) is 8.26. The molecule has 2 atom stereocenters. The Morgan fingerprint density at radius 3 is 2.76 bits per heavy atom. The number of carboxylic acids is 1. The van der Waals surface area contributed by atoms with E-state index >= 15 is 0 Å². The molecule has 1 amide bonds. The van der Waals surface area contributed by atoms with Crippen LogP contribution in [-0.2, 0) is 11.3 Å². The quantitative estimate of drug-likeness (QED) is 0.900. The predicted molar refractivity (Wildman–Crippen MR) is 81.4 cm³/mol. The molecule has 0 radical (unpaired) electrons. The summed E-state index contributed by atoms with van der Waals surface area (Å²) in [5.74, 6) is -0.715. The first-order valence-electron chi connectivity index (χ1n) is 7.21. The number of aromatic nitrogens is 2. The predicted octanol–water partition coefficient (Wildman–Crippen LogP) is 1.98. The first kappa shape index (κ1) is 15.9. The summed E-state index contributed by atoms with van der Waals surface area (Å²) in [4.78, 5) is 25.8. The number of thioether (sulfide) groups is 1. The molecule has 7 heteroatoms. The minimum atomic E-state index is -0.936. The van der Waals surface area contributed by atoms with Crippen LogP contribution in [0.25, 0.3) is 0 Å². The maximum absolute atomic E-state index is 12.8. The van der Waals surface area contributed by atoms with E-state index in [0.717, 1.165) is 18.5 Å². The van der Waals surface area contributed by atoms with Gasteiger partial charge < -0.3 is 10.0 Å². The van der Waals surface area contributed by atoms with Crippen LogP contribution >= 0.6 is 11.8 Å². The van der Waals surface area contributed by atoms with Crippen LogP contribution in [0.15, 0.2) is 6.07 Å². The number of carbonyl (C=O) groups excluding carboxylic acids is 1. The Morgan fingerprint density at radius 1 is 1.48 bits per heavy atom. The van der Waals surface area contributed by atoms with Gasteiger partial charge >= 0.3 is 5.97 Å². The first-order chi connectivity index (χ1) is 9.99. The average Bonchev–Trinajstić information content (AvgIpc) is 3.02. The highest BCUT2D eigenvalue weighted by molar-refractivity contribution is 8.00. The minimum absolute atomic E-state index is 0.0656. The van der Waals surface area contributed by atoms with Crippen molar-refractivity contribution < 1.29 is 14.7 Å². The third-order valence-electron chi connectivity index (χ3n) is 3.57. The number of aliphatic carboxylic acids is 1. The van der Waals surface area contributed by atoms with Gasteiger partial charge in [0.15, 0.2) is 0 Å². The van der Waals surface area contributed by atoms with Gasteiger partial charge in [-0.15, -0.1) is 11.8 Å². The van der Waals surface area contributed by atoms with Crippen molar-refractivity contribution in [3.8, 4) is 0 Å². The van der Waals surface area contributed by atoms with Gasteiger partial charge in [-0.25, -0.2) is 4.79 Å². The number of aryl methyl sites for hydroxylation is 2. The molecule has 0 aromatic carbocycles. The van der Waals surface area contributed by atoms with Crippen molar-refractivity contribution in [1.82, 2.24) is 14.7 Å². The van der Waals surface area contributed by atoms with Gasteiger partial charge in [0.2, 0.25) is 0 Å². The summed E-state index contributed by atoms with van der Waals surface area (Å²) < 4.78 is 1.64. The third-order valence-corrected chi connectivity index (χ3v) is 4.92. The van der Waals surface area contributed by atoms with Gasteiger partial charge in [-0.2, -0.15) is 5.10 Å². The van der Waals surface area contributed by atoms with Gasteiger partial charge in [-0.1, -0.05) is 13.3 Å². The van der Waals surface area contributed by atoms with Crippen LogP contribution < -0.4 is 0 Å². The molecule has 2 unspecified atom stereocenters. The number of hydrogen-bond acceptors (Lipinski definition) is 4. The monoisotopic (exact) mass is 311 g/mol. The van der Waals surface area contributed by atoms with Crippen molar-refractivity contribution in [1.29, 1.82) is 0 Å². The molecule has 0 saturated carbocycles. The standard InChI is InChI=1S/C14H21N3O3S/c1-4-6-12-17(11(8-21-12)14(19)20)13(18)10-7-9(3)15-16(10)5-2/h7,11-12H,4-6,8H2,1-3H3,(H,19,20). The molecule has 2 rings (SSSR count). The summed E-state index contributed by atoms with van der Waals surface area (Å²) in [7, 11) is 0. The van der Waals surface area contributed by atoms with E-state index in [0.29, 0.717) is 18.0 Å². The molecule has 1 fully saturated rings. The second-order valence-corrected chi connectivity index (χ2v) is 6.34. The van der Waals surface area contributed by atoms with Crippen LogP contribution in [0.5, 0.6) is 0 Å². The van der Waals surface area contributed by atoms with Crippen LogP contribution in [0.4, 0.5) is 0 Å². The Morgan fingerprint density at radius 2 is 2.19 bits per heavy atom. The van der Waals surface area contributed by atoms with E-state index in [1.54, 1.807) is 22.5 Å². The van der Waals surface area contributed by atoms with E-state index in [-0.39, 0.29) is 11.3 Å². The summed E-state index contributed by atoms with van der Waals surface area (Å²) in [5.41, 5.74) is 1.25. The largest absolute Gasteiger partial charge is 0.480 e. The molecule has 0 aliphatic carbocycles. The number of amides is 1. The zero-order valence-electron chi connectivity index (χ0n) is 12.6. The van der Waals surface area contributed by atoms with E-state index in [4.69, 9.17) is 0 Å². The minimum Gasteiger partial charge on any atom is -0.480 e. The highest BCUT2D eigenvalue weighted by atomic mass is 32.2. The molecule has 21 heavy (non-hydrogen) atoms. The molecule has 0 spiro atoms. The molecule has 1 aliphatic heterocycles. The van der Waals surface area contributed by atoms with Gasteiger partial charge in [0.05, 0.1) is 11.1 Å². The number of carboxylic acid groups (broad SMARTS) is 1. The Labute approximate surface area is 128 Å². The van der Waals surface area contributed by atoms with Gasteiger partial charge in [-0.05, 0) is 26.3 Å². The Kier molecular flexibility index (Phi) is 4.92. The van der Waals surface area contributed by atoms with Crippen LogP contribution in [0.3, 0.4) is 0 Å². The summed E-state index contributed by atoms with van der Waals surface area (Å²) in [6, 6.07) is 0.982. The molecule has 1 N–H and O–H groups in total. The summed E-state index contributed by atoms with van der Waals surface area (Å²) in [5, 5.41) is 13.6. The topological polar surface area (TPSA) is 75.4 Å². The zero-order chi connectivity index (χ0) is 15.6. The van der Waals surface area contributed by atoms with Crippen LogP contribution in [0.1, 0.15) is 42.9 Å². The maximum Gasteiger partial charge on any atom is 0.327 e. The molecular formula is C14H21N3O3S. The van der Waals surface area contributed by atoms with Gasteiger partial charge in [0, 0.05) is 12.3 Å². The number of rotatable bonds is 5. The van der Waals surface area contributed by atoms with Crippen molar-refractivity contribution in [3.05, 3.63) is 17.5 Å². The van der Waals surface area contributed by atoms with Crippen molar-refractivity contribution in [2.75, 3.05) is 5.75 Å². The molecule has 1 saturated heterocycles. The second-order valence-electron chi connectivity index (χ2n) is 5.13. The number of hydrogen-bond donors (Lipinski definition) is 1. The Bertz CT molecular complexity index is 544. The zero-order valence-corrected chi connectivity index (χ0v) is 13.4. The van der Waals surface area contributed by atoms with Gasteiger partial charge in [0.25, 0.3) is 5.91 Å². The van der Waals surface area contributed by atoms with E-state index in [9.17, 15) is 14.7 Å². The lowest BCUT2D eigenvalue weighted by molar-refractivity contribution is -0.141. The van der Waals surface area contributed by atoms with Crippen molar-refractivity contribution >= 4 is 23.6 Å². The molecule has 0 bridgehead atoms.